The Labute approximate surface area is 81.8 Å². The van der Waals surface area contributed by atoms with Crippen LogP contribution in [-0.2, 0) is 7.05 Å². The monoisotopic (exact) mass is 204 g/mol. The summed E-state index contributed by atoms with van der Waals surface area (Å²) >= 11 is 5.45. The molecule has 0 radical (unpaired) electrons. The van der Waals surface area contributed by atoms with Crippen LogP contribution in [0.5, 0.6) is 0 Å². The van der Waals surface area contributed by atoms with Crippen LogP contribution in [0.4, 0.5) is 0 Å². The maximum atomic E-state index is 9.62. The van der Waals surface area contributed by atoms with Crippen molar-refractivity contribution in [1.82, 2.24) is 9.78 Å². The lowest BCUT2D eigenvalue weighted by Gasteiger charge is -2.16. The van der Waals surface area contributed by atoms with Crippen LogP contribution in [-0.4, -0.2) is 32.0 Å². The summed E-state index contributed by atoms with van der Waals surface area (Å²) in [5, 5.41) is 23.0. The molecule has 0 saturated heterocycles. The number of halogens is 1. The predicted octanol–water partition coefficient (Wildman–Crippen LogP) is 0.443. The molecule has 2 atom stereocenters. The highest BCUT2D eigenvalue weighted by molar-refractivity contribution is 6.17. The van der Waals surface area contributed by atoms with E-state index in [1.54, 1.807) is 19.3 Å². The fourth-order valence-corrected chi connectivity index (χ4v) is 1.36. The second kappa shape index (κ2) is 4.60. The van der Waals surface area contributed by atoms with Crippen molar-refractivity contribution in [3.05, 3.63) is 18.0 Å². The number of alkyl halides is 1. The van der Waals surface area contributed by atoms with Crippen LogP contribution < -0.4 is 0 Å². The van der Waals surface area contributed by atoms with E-state index in [1.165, 1.54) is 4.68 Å². The summed E-state index contributed by atoms with van der Waals surface area (Å²) in [5.74, 6) is 0.329. The van der Waals surface area contributed by atoms with Gasteiger partial charge in [0.1, 0.15) is 6.10 Å². The van der Waals surface area contributed by atoms with E-state index >= 15 is 0 Å². The third-order valence-corrected chi connectivity index (χ3v) is 2.15. The Morgan fingerprint density at radius 2 is 2.31 bits per heavy atom. The van der Waals surface area contributed by atoms with Crippen molar-refractivity contribution in [1.29, 1.82) is 0 Å². The van der Waals surface area contributed by atoms with Crippen molar-refractivity contribution < 1.29 is 10.2 Å². The first-order chi connectivity index (χ1) is 6.16. The molecule has 5 heteroatoms. The highest BCUT2D eigenvalue weighted by atomic mass is 35.5. The number of nitrogens with zero attached hydrogens (tertiary/aromatic N) is 2. The molecular formula is C8H13ClN2O2. The lowest BCUT2D eigenvalue weighted by molar-refractivity contribution is 0.0122. The summed E-state index contributed by atoms with van der Waals surface area (Å²) < 4.78 is 1.53. The minimum absolute atomic E-state index is 0.329. The highest BCUT2D eigenvalue weighted by Gasteiger charge is 2.20. The van der Waals surface area contributed by atoms with Crippen molar-refractivity contribution in [2.24, 2.45) is 7.05 Å². The third-order valence-electron chi connectivity index (χ3n) is 1.93. The molecule has 1 rings (SSSR count). The van der Waals surface area contributed by atoms with Gasteiger partial charge in [-0.05, 0) is 12.5 Å². The second-order valence-corrected chi connectivity index (χ2v) is 3.25. The molecule has 0 fully saturated rings. The highest BCUT2D eigenvalue weighted by Crippen LogP contribution is 2.17. The number of aliphatic hydroxyl groups is 2. The molecule has 2 unspecified atom stereocenters. The van der Waals surface area contributed by atoms with Crippen LogP contribution in [0.15, 0.2) is 12.3 Å². The topological polar surface area (TPSA) is 58.3 Å². The molecule has 1 heterocycles. The summed E-state index contributed by atoms with van der Waals surface area (Å²) in [6, 6.07) is 1.67. The maximum absolute atomic E-state index is 9.62. The predicted molar refractivity (Wildman–Crippen MR) is 49.5 cm³/mol. The minimum Gasteiger partial charge on any atom is -0.390 e. The van der Waals surface area contributed by atoms with Gasteiger partial charge in [0.25, 0.3) is 0 Å². The van der Waals surface area contributed by atoms with Gasteiger partial charge in [-0.15, -0.1) is 11.6 Å². The van der Waals surface area contributed by atoms with Gasteiger partial charge in [0.2, 0.25) is 0 Å². The fourth-order valence-electron chi connectivity index (χ4n) is 1.14. The van der Waals surface area contributed by atoms with Crippen molar-refractivity contribution in [2.45, 2.75) is 18.6 Å². The molecule has 0 aliphatic heterocycles. The molecule has 4 nitrogen and oxygen atoms in total. The van der Waals surface area contributed by atoms with Gasteiger partial charge in [-0.25, -0.2) is 0 Å². The van der Waals surface area contributed by atoms with E-state index in [1.807, 2.05) is 0 Å². The number of aromatic nitrogens is 2. The molecule has 1 aromatic heterocycles. The van der Waals surface area contributed by atoms with Gasteiger partial charge >= 0.3 is 0 Å². The first kappa shape index (κ1) is 10.5. The Kier molecular flexibility index (Phi) is 3.71. The zero-order chi connectivity index (χ0) is 9.84. The fraction of sp³-hybridized carbons (Fsp3) is 0.625. The van der Waals surface area contributed by atoms with Gasteiger partial charge < -0.3 is 10.2 Å². The van der Waals surface area contributed by atoms with E-state index in [0.717, 1.165) is 0 Å². The van der Waals surface area contributed by atoms with E-state index < -0.39 is 12.2 Å². The molecule has 0 aromatic carbocycles. The summed E-state index contributed by atoms with van der Waals surface area (Å²) in [6.07, 6.45) is 0.207. The lowest BCUT2D eigenvalue weighted by Crippen LogP contribution is -2.21. The molecule has 1 aromatic rings. The van der Waals surface area contributed by atoms with Gasteiger partial charge in [-0.2, -0.15) is 5.10 Å². The maximum Gasteiger partial charge on any atom is 0.121 e. The van der Waals surface area contributed by atoms with E-state index in [-0.39, 0.29) is 0 Å². The molecular weight excluding hydrogens is 192 g/mol. The van der Waals surface area contributed by atoms with Crippen LogP contribution in [0.25, 0.3) is 0 Å². The zero-order valence-corrected chi connectivity index (χ0v) is 8.15. The summed E-state index contributed by atoms with van der Waals surface area (Å²) in [5.41, 5.74) is 0.595. The number of aryl methyl sites for hydroxylation is 1. The molecule has 0 aliphatic carbocycles. The SMILES string of the molecule is Cn1nccc1C(O)C(O)CCCl. The normalized spacial score (nSPS) is 15.7. The van der Waals surface area contributed by atoms with Gasteiger partial charge in [-0.3, -0.25) is 4.68 Å². The molecule has 0 saturated carbocycles. The molecule has 0 bridgehead atoms. The quantitative estimate of drug-likeness (QED) is 0.700. The summed E-state index contributed by atoms with van der Waals surface area (Å²) in [6.45, 7) is 0. The van der Waals surface area contributed by atoms with Crippen LogP contribution >= 0.6 is 11.6 Å². The van der Waals surface area contributed by atoms with E-state index in [0.29, 0.717) is 18.0 Å². The zero-order valence-electron chi connectivity index (χ0n) is 7.39. The number of hydrogen-bond donors (Lipinski definition) is 2. The molecule has 13 heavy (non-hydrogen) atoms. The lowest BCUT2D eigenvalue weighted by atomic mass is 10.1. The second-order valence-electron chi connectivity index (χ2n) is 2.87. The molecule has 0 amide bonds. The van der Waals surface area contributed by atoms with Gasteiger partial charge in [-0.1, -0.05) is 0 Å². The van der Waals surface area contributed by atoms with Crippen LogP contribution in [0.1, 0.15) is 18.2 Å². The van der Waals surface area contributed by atoms with Gasteiger partial charge in [0, 0.05) is 19.1 Å². The van der Waals surface area contributed by atoms with Crippen molar-refractivity contribution >= 4 is 11.6 Å². The van der Waals surface area contributed by atoms with Gasteiger partial charge in [0.15, 0.2) is 0 Å². The third kappa shape index (κ3) is 2.43. The molecule has 0 spiro atoms. The average Bonchev–Trinajstić information content (AvgIpc) is 2.50. The number of hydrogen-bond acceptors (Lipinski definition) is 3. The van der Waals surface area contributed by atoms with Crippen molar-refractivity contribution in [3.8, 4) is 0 Å². The Balaban J connectivity index is 2.67. The van der Waals surface area contributed by atoms with Crippen molar-refractivity contribution in [2.75, 3.05) is 5.88 Å². The minimum atomic E-state index is -0.911. The molecule has 0 aliphatic rings. The smallest absolute Gasteiger partial charge is 0.121 e. The Morgan fingerprint density at radius 1 is 1.62 bits per heavy atom. The summed E-state index contributed by atoms with van der Waals surface area (Å²) in [7, 11) is 1.71. The van der Waals surface area contributed by atoms with Crippen molar-refractivity contribution in [3.63, 3.8) is 0 Å². The van der Waals surface area contributed by atoms with E-state index in [9.17, 15) is 10.2 Å². The summed E-state index contributed by atoms with van der Waals surface area (Å²) in [4.78, 5) is 0. The van der Waals surface area contributed by atoms with E-state index in [2.05, 4.69) is 5.10 Å². The van der Waals surface area contributed by atoms with E-state index in [4.69, 9.17) is 11.6 Å². The van der Waals surface area contributed by atoms with Crippen LogP contribution in [0.2, 0.25) is 0 Å². The molecule has 2 N–H and O–H groups in total. The standard InChI is InChI=1S/C8H13ClN2O2/c1-11-6(3-5-10-11)8(13)7(12)2-4-9/h3,5,7-8,12-13H,2,4H2,1H3. The Hall–Kier alpha value is -0.580. The largest absolute Gasteiger partial charge is 0.390 e. The average molecular weight is 205 g/mol. The van der Waals surface area contributed by atoms with Crippen LogP contribution in [0, 0.1) is 0 Å². The molecule has 74 valence electrons. The number of rotatable bonds is 4. The Morgan fingerprint density at radius 3 is 2.77 bits per heavy atom. The first-order valence-corrected chi connectivity index (χ1v) is 4.60. The first-order valence-electron chi connectivity index (χ1n) is 4.06. The number of aliphatic hydroxyl groups excluding tert-OH is 2. The Bertz CT molecular complexity index is 264. The van der Waals surface area contributed by atoms with Crippen LogP contribution in [0.3, 0.4) is 0 Å². The van der Waals surface area contributed by atoms with Gasteiger partial charge in [0.05, 0.1) is 11.8 Å².